The number of anilines is 1. The smallest absolute Gasteiger partial charge is 0.196 e. The zero-order valence-electron chi connectivity index (χ0n) is 10.0. The molecular formula is C14H10BrF2NO. The van der Waals surface area contributed by atoms with Crippen molar-refractivity contribution in [1.29, 1.82) is 0 Å². The molecule has 0 atom stereocenters. The van der Waals surface area contributed by atoms with Gasteiger partial charge in [-0.05, 0) is 58.7 Å². The van der Waals surface area contributed by atoms with Crippen molar-refractivity contribution >= 4 is 27.4 Å². The Morgan fingerprint density at radius 2 is 1.84 bits per heavy atom. The van der Waals surface area contributed by atoms with E-state index in [0.29, 0.717) is 10.2 Å². The van der Waals surface area contributed by atoms with E-state index in [4.69, 9.17) is 5.73 Å². The van der Waals surface area contributed by atoms with Crippen LogP contribution in [-0.4, -0.2) is 5.78 Å². The average molecular weight is 326 g/mol. The number of hydrogen-bond donors (Lipinski definition) is 1. The summed E-state index contributed by atoms with van der Waals surface area (Å²) < 4.78 is 27.8. The predicted molar refractivity (Wildman–Crippen MR) is 73.1 cm³/mol. The molecule has 2 nitrogen and oxygen atoms in total. The lowest BCUT2D eigenvalue weighted by Crippen LogP contribution is -2.06. The van der Waals surface area contributed by atoms with E-state index < -0.39 is 17.4 Å². The van der Waals surface area contributed by atoms with Crippen LogP contribution in [0.2, 0.25) is 0 Å². The molecule has 5 heteroatoms. The number of ketones is 1. The Bertz CT molecular complexity index is 671. The zero-order chi connectivity index (χ0) is 14.2. The first kappa shape index (κ1) is 13.7. The van der Waals surface area contributed by atoms with Crippen LogP contribution in [0.25, 0.3) is 0 Å². The van der Waals surface area contributed by atoms with Gasteiger partial charge < -0.3 is 5.73 Å². The van der Waals surface area contributed by atoms with Gasteiger partial charge in [-0.3, -0.25) is 4.79 Å². The second kappa shape index (κ2) is 5.09. The highest BCUT2D eigenvalue weighted by molar-refractivity contribution is 9.10. The highest BCUT2D eigenvalue weighted by Crippen LogP contribution is 2.23. The molecule has 0 saturated carbocycles. The van der Waals surface area contributed by atoms with Crippen LogP contribution >= 0.6 is 15.9 Å². The summed E-state index contributed by atoms with van der Waals surface area (Å²) in [5.74, 6) is -1.96. The Hall–Kier alpha value is -1.75. The summed E-state index contributed by atoms with van der Waals surface area (Å²) in [5, 5.41) is 0. The lowest BCUT2D eigenvalue weighted by Gasteiger charge is -2.06. The summed E-state index contributed by atoms with van der Waals surface area (Å²) in [7, 11) is 0. The van der Waals surface area contributed by atoms with E-state index in [9.17, 15) is 13.6 Å². The van der Waals surface area contributed by atoms with Crippen LogP contribution < -0.4 is 5.73 Å². The first-order valence-electron chi connectivity index (χ1n) is 5.45. The topological polar surface area (TPSA) is 43.1 Å². The van der Waals surface area contributed by atoms with Crippen molar-refractivity contribution in [1.82, 2.24) is 0 Å². The maximum Gasteiger partial charge on any atom is 0.196 e. The molecule has 0 radical (unpaired) electrons. The van der Waals surface area contributed by atoms with Gasteiger partial charge in [0.1, 0.15) is 11.6 Å². The zero-order valence-corrected chi connectivity index (χ0v) is 11.6. The molecule has 0 bridgehead atoms. The van der Waals surface area contributed by atoms with Crippen LogP contribution in [0.15, 0.2) is 34.8 Å². The van der Waals surface area contributed by atoms with Crippen LogP contribution in [0.3, 0.4) is 0 Å². The Labute approximate surface area is 117 Å². The highest BCUT2D eigenvalue weighted by Gasteiger charge is 2.17. The quantitative estimate of drug-likeness (QED) is 0.673. The molecule has 98 valence electrons. The van der Waals surface area contributed by atoms with Crippen molar-refractivity contribution in [3.8, 4) is 0 Å². The standard InChI is InChI=1S/C14H10BrF2NO/c1-7-4-12(17)9(6-11(7)16)14(19)8-2-3-10(15)13(18)5-8/h2-6H,18H2,1H3. The molecule has 0 aromatic heterocycles. The van der Waals surface area contributed by atoms with Crippen LogP contribution in [0.5, 0.6) is 0 Å². The maximum absolute atomic E-state index is 13.7. The third-order valence-corrected chi connectivity index (χ3v) is 3.47. The van der Waals surface area contributed by atoms with Crippen LogP contribution in [0.4, 0.5) is 14.5 Å². The van der Waals surface area contributed by atoms with Gasteiger partial charge in [-0.25, -0.2) is 8.78 Å². The normalized spacial score (nSPS) is 10.5. The lowest BCUT2D eigenvalue weighted by molar-refractivity contribution is 0.103. The molecule has 0 saturated heterocycles. The molecular weight excluding hydrogens is 316 g/mol. The van der Waals surface area contributed by atoms with Crippen molar-refractivity contribution in [2.45, 2.75) is 6.92 Å². The molecule has 0 aliphatic rings. The summed E-state index contributed by atoms with van der Waals surface area (Å²) in [5.41, 5.74) is 6.09. The summed E-state index contributed by atoms with van der Waals surface area (Å²) in [4.78, 5) is 12.1. The van der Waals surface area contributed by atoms with Gasteiger partial charge in [0, 0.05) is 15.7 Å². The summed E-state index contributed by atoms with van der Waals surface area (Å²) in [6.45, 7) is 1.43. The number of nitrogens with two attached hydrogens (primary N) is 1. The molecule has 0 aliphatic carbocycles. The first-order valence-corrected chi connectivity index (χ1v) is 6.25. The van der Waals surface area contributed by atoms with E-state index in [1.165, 1.54) is 19.1 Å². The van der Waals surface area contributed by atoms with Crippen LogP contribution in [-0.2, 0) is 0 Å². The van der Waals surface area contributed by atoms with Gasteiger partial charge in [0.25, 0.3) is 0 Å². The molecule has 0 aliphatic heterocycles. The van der Waals surface area contributed by atoms with E-state index in [0.717, 1.165) is 12.1 Å². The predicted octanol–water partition coefficient (Wildman–Crippen LogP) is 3.85. The Morgan fingerprint density at radius 3 is 2.47 bits per heavy atom. The molecule has 2 aromatic carbocycles. The molecule has 0 heterocycles. The summed E-state index contributed by atoms with van der Waals surface area (Å²) >= 11 is 3.20. The minimum absolute atomic E-state index is 0.157. The van der Waals surface area contributed by atoms with Gasteiger partial charge in [-0.2, -0.15) is 0 Å². The van der Waals surface area contributed by atoms with Crippen LogP contribution in [0.1, 0.15) is 21.5 Å². The number of rotatable bonds is 2. The molecule has 2 rings (SSSR count). The number of hydrogen-bond acceptors (Lipinski definition) is 2. The van der Waals surface area contributed by atoms with Crippen molar-refractivity contribution in [2.24, 2.45) is 0 Å². The van der Waals surface area contributed by atoms with E-state index in [1.807, 2.05) is 0 Å². The molecule has 0 fully saturated rings. The van der Waals surface area contributed by atoms with Gasteiger partial charge in [-0.15, -0.1) is 0 Å². The highest BCUT2D eigenvalue weighted by atomic mass is 79.9. The van der Waals surface area contributed by atoms with E-state index in [1.54, 1.807) is 6.07 Å². The summed E-state index contributed by atoms with van der Waals surface area (Å²) in [6.07, 6.45) is 0. The number of aryl methyl sites for hydroxylation is 1. The third kappa shape index (κ3) is 2.66. The Morgan fingerprint density at radius 1 is 1.16 bits per heavy atom. The monoisotopic (exact) mass is 325 g/mol. The fourth-order valence-corrected chi connectivity index (χ4v) is 1.91. The van der Waals surface area contributed by atoms with Crippen molar-refractivity contribution in [2.75, 3.05) is 5.73 Å². The SMILES string of the molecule is Cc1cc(F)c(C(=O)c2ccc(Br)c(N)c2)cc1F. The lowest BCUT2D eigenvalue weighted by atomic mass is 10.0. The molecule has 0 amide bonds. The number of halogens is 3. The third-order valence-electron chi connectivity index (χ3n) is 2.75. The number of carbonyl (C=O) groups excluding carboxylic acids is 1. The van der Waals surface area contributed by atoms with E-state index >= 15 is 0 Å². The molecule has 0 unspecified atom stereocenters. The largest absolute Gasteiger partial charge is 0.398 e. The Balaban J connectivity index is 2.49. The van der Waals surface area contributed by atoms with Gasteiger partial charge >= 0.3 is 0 Å². The van der Waals surface area contributed by atoms with Gasteiger partial charge in [-0.1, -0.05) is 0 Å². The van der Waals surface area contributed by atoms with Gasteiger partial charge in [0.15, 0.2) is 5.78 Å². The van der Waals surface area contributed by atoms with E-state index in [2.05, 4.69) is 15.9 Å². The minimum atomic E-state index is -0.745. The van der Waals surface area contributed by atoms with Gasteiger partial charge in [0.05, 0.1) is 5.56 Å². The molecule has 19 heavy (non-hydrogen) atoms. The number of nitrogen functional groups attached to an aromatic ring is 1. The fourth-order valence-electron chi connectivity index (χ4n) is 1.66. The first-order chi connectivity index (χ1) is 8.90. The van der Waals surface area contributed by atoms with E-state index in [-0.39, 0.29) is 16.7 Å². The second-order valence-corrected chi connectivity index (χ2v) is 5.00. The van der Waals surface area contributed by atoms with Crippen molar-refractivity contribution < 1.29 is 13.6 Å². The molecule has 2 aromatic rings. The molecule has 2 N–H and O–H groups in total. The van der Waals surface area contributed by atoms with Gasteiger partial charge in [0.2, 0.25) is 0 Å². The maximum atomic E-state index is 13.7. The number of carbonyl (C=O) groups is 1. The fraction of sp³-hybridized carbons (Fsp3) is 0.0714. The second-order valence-electron chi connectivity index (χ2n) is 4.15. The number of benzene rings is 2. The van der Waals surface area contributed by atoms with Crippen LogP contribution in [0, 0.1) is 18.6 Å². The van der Waals surface area contributed by atoms with Crippen molar-refractivity contribution in [3.63, 3.8) is 0 Å². The average Bonchev–Trinajstić information content (AvgIpc) is 2.36. The minimum Gasteiger partial charge on any atom is -0.398 e. The Kier molecular flexibility index (Phi) is 3.66. The van der Waals surface area contributed by atoms with Crippen molar-refractivity contribution in [3.05, 3.63) is 63.1 Å². The molecule has 0 spiro atoms. The summed E-state index contributed by atoms with van der Waals surface area (Å²) in [6, 6.07) is 6.42.